The van der Waals surface area contributed by atoms with Crippen LogP contribution in [0.5, 0.6) is 5.75 Å². The van der Waals surface area contributed by atoms with Gasteiger partial charge in [-0.15, -0.1) is 0 Å². The summed E-state index contributed by atoms with van der Waals surface area (Å²) in [5, 5.41) is 0.665. The van der Waals surface area contributed by atoms with Crippen LogP contribution < -0.4 is 9.46 Å². The van der Waals surface area contributed by atoms with Gasteiger partial charge in [0.25, 0.3) is 0 Å². The first kappa shape index (κ1) is 19.1. The number of rotatable bonds is 7. The van der Waals surface area contributed by atoms with Crippen molar-refractivity contribution < 1.29 is 13.2 Å². The van der Waals surface area contributed by atoms with Gasteiger partial charge in [-0.2, -0.15) is 0 Å². The number of nitrogens with one attached hydrogen (secondary N) is 1. The summed E-state index contributed by atoms with van der Waals surface area (Å²) < 4.78 is 32.3. The molecule has 2 aromatic carbocycles. The first-order valence-corrected chi connectivity index (χ1v) is 9.79. The molecule has 0 atom stereocenters. The predicted molar refractivity (Wildman–Crippen MR) is 98.5 cm³/mol. The normalized spacial score (nSPS) is 11.5. The Balaban J connectivity index is 1.88. The lowest BCUT2D eigenvalue weighted by molar-refractivity contribution is 0.322. The maximum atomic E-state index is 12.1. The van der Waals surface area contributed by atoms with Gasteiger partial charge in [0.2, 0.25) is 10.0 Å². The fourth-order valence-electron chi connectivity index (χ4n) is 2.08. The molecule has 2 aromatic rings. The van der Waals surface area contributed by atoms with Crippen LogP contribution in [0.15, 0.2) is 36.4 Å². The minimum atomic E-state index is -3.55. The standard InChI is InChI=1S/C17H19Cl2NO3S/c1-12-6-7-14(10-13(12)2)23-9-8-20-24(21,22)11-15-16(18)4-3-5-17(15)19/h3-7,10,20H,8-9,11H2,1-2H3. The number of benzene rings is 2. The van der Waals surface area contributed by atoms with Crippen molar-refractivity contribution in [3.8, 4) is 5.75 Å². The molecule has 0 saturated carbocycles. The Morgan fingerprint density at radius 3 is 2.33 bits per heavy atom. The molecule has 0 aliphatic carbocycles. The van der Waals surface area contributed by atoms with Crippen LogP contribution in [0, 0.1) is 13.8 Å². The molecule has 130 valence electrons. The highest BCUT2D eigenvalue weighted by molar-refractivity contribution is 7.88. The van der Waals surface area contributed by atoms with E-state index in [0.29, 0.717) is 21.4 Å². The molecule has 0 aliphatic rings. The molecule has 0 spiro atoms. The Hall–Kier alpha value is -1.27. The van der Waals surface area contributed by atoms with Crippen LogP contribution >= 0.6 is 23.2 Å². The lowest BCUT2D eigenvalue weighted by atomic mass is 10.1. The van der Waals surface area contributed by atoms with Crippen LogP contribution in [0.3, 0.4) is 0 Å². The second kappa shape index (κ2) is 8.21. The van der Waals surface area contributed by atoms with Crippen molar-refractivity contribution in [1.29, 1.82) is 0 Å². The summed E-state index contributed by atoms with van der Waals surface area (Å²) in [6.07, 6.45) is 0. The molecular formula is C17H19Cl2NO3S. The summed E-state index contributed by atoms with van der Waals surface area (Å²) in [4.78, 5) is 0. The van der Waals surface area contributed by atoms with Crippen molar-refractivity contribution in [3.05, 3.63) is 63.1 Å². The number of hydrogen-bond acceptors (Lipinski definition) is 3. The molecule has 4 nitrogen and oxygen atoms in total. The van der Waals surface area contributed by atoms with Gasteiger partial charge >= 0.3 is 0 Å². The van der Waals surface area contributed by atoms with E-state index >= 15 is 0 Å². The molecule has 0 heterocycles. The van der Waals surface area contributed by atoms with Crippen molar-refractivity contribution >= 4 is 33.2 Å². The summed E-state index contributed by atoms with van der Waals surface area (Å²) in [6.45, 7) is 4.42. The second-order valence-corrected chi connectivity index (χ2v) is 8.07. The molecule has 0 saturated heterocycles. The SMILES string of the molecule is Cc1ccc(OCCNS(=O)(=O)Cc2c(Cl)cccc2Cl)cc1C. The lowest BCUT2D eigenvalue weighted by Gasteiger charge is -2.11. The van der Waals surface area contributed by atoms with Crippen LogP contribution in [0.4, 0.5) is 0 Å². The van der Waals surface area contributed by atoms with E-state index in [4.69, 9.17) is 27.9 Å². The number of hydrogen-bond donors (Lipinski definition) is 1. The number of halogens is 2. The van der Waals surface area contributed by atoms with Gasteiger partial charge in [-0.05, 0) is 49.2 Å². The third-order valence-corrected chi connectivity index (χ3v) is 5.59. The highest BCUT2D eigenvalue weighted by atomic mass is 35.5. The van der Waals surface area contributed by atoms with Gasteiger partial charge in [-0.3, -0.25) is 0 Å². The molecule has 1 N–H and O–H groups in total. The molecule has 0 radical (unpaired) electrons. The number of sulfonamides is 1. The van der Waals surface area contributed by atoms with E-state index in [1.54, 1.807) is 18.2 Å². The highest BCUT2D eigenvalue weighted by Gasteiger charge is 2.16. The zero-order chi connectivity index (χ0) is 17.7. The largest absolute Gasteiger partial charge is 0.492 e. The maximum Gasteiger partial charge on any atom is 0.216 e. The zero-order valence-electron chi connectivity index (χ0n) is 13.5. The topological polar surface area (TPSA) is 55.4 Å². The smallest absolute Gasteiger partial charge is 0.216 e. The van der Waals surface area contributed by atoms with Crippen molar-refractivity contribution in [1.82, 2.24) is 4.72 Å². The summed E-state index contributed by atoms with van der Waals surface area (Å²) in [7, 11) is -3.55. The fraction of sp³-hybridized carbons (Fsp3) is 0.294. The quantitative estimate of drug-likeness (QED) is 0.727. The number of ether oxygens (including phenoxy) is 1. The van der Waals surface area contributed by atoms with Gasteiger partial charge in [-0.1, -0.05) is 35.3 Å². The predicted octanol–water partition coefficient (Wildman–Crippen LogP) is 4.11. The molecule has 2 rings (SSSR count). The average Bonchev–Trinajstić information content (AvgIpc) is 2.51. The summed E-state index contributed by atoms with van der Waals surface area (Å²) >= 11 is 12.0. The van der Waals surface area contributed by atoms with E-state index in [1.807, 2.05) is 32.0 Å². The van der Waals surface area contributed by atoms with Crippen LogP contribution in [0.25, 0.3) is 0 Å². The van der Waals surface area contributed by atoms with Crippen molar-refractivity contribution in [2.45, 2.75) is 19.6 Å². The van der Waals surface area contributed by atoms with Crippen molar-refractivity contribution in [2.75, 3.05) is 13.2 Å². The lowest BCUT2D eigenvalue weighted by Crippen LogP contribution is -2.29. The van der Waals surface area contributed by atoms with Gasteiger partial charge in [0.1, 0.15) is 12.4 Å². The van der Waals surface area contributed by atoms with Crippen LogP contribution in [0.2, 0.25) is 10.0 Å². The molecule has 0 bridgehead atoms. The monoisotopic (exact) mass is 387 g/mol. The van der Waals surface area contributed by atoms with Crippen LogP contribution in [-0.2, 0) is 15.8 Å². The Morgan fingerprint density at radius 1 is 1.04 bits per heavy atom. The molecule has 24 heavy (non-hydrogen) atoms. The van der Waals surface area contributed by atoms with E-state index < -0.39 is 10.0 Å². The average molecular weight is 388 g/mol. The minimum Gasteiger partial charge on any atom is -0.492 e. The van der Waals surface area contributed by atoms with Gasteiger partial charge in [-0.25, -0.2) is 13.1 Å². The first-order valence-electron chi connectivity index (χ1n) is 7.39. The zero-order valence-corrected chi connectivity index (χ0v) is 15.8. The van der Waals surface area contributed by atoms with E-state index in [-0.39, 0.29) is 18.9 Å². The summed E-state index contributed by atoms with van der Waals surface area (Å²) in [5.74, 6) is 0.446. The van der Waals surface area contributed by atoms with Crippen molar-refractivity contribution in [2.24, 2.45) is 0 Å². The Morgan fingerprint density at radius 2 is 1.71 bits per heavy atom. The van der Waals surface area contributed by atoms with E-state index in [0.717, 1.165) is 5.56 Å². The van der Waals surface area contributed by atoms with E-state index in [9.17, 15) is 8.42 Å². The molecule has 0 amide bonds. The van der Waals surface area contributed by atoms with Crippen LogP contribution in [0.1, 0.15) is 16.7 Å². The van der Waals surface area contributed by atoms with Crippen molar-refractivity contribution in [3.63, 3.8) is 0 Å². The molecule has 7 heteroatoms. The first-order chi connectivity index (χ1) is 11.3. The molecule has 0 fully saturated rings. The molecule has 0 aromatic heterocycles. The van der Waals surface area contributed by atoms with Crippen LogP contribution in [-0.4, -0.2) is 21.6 Å². The Kier molecular flexibility index (Phi) is 6.52. The highest BCUT2D eigenvalue weighted by Crippen LogP contribution is 2.25. The third-order valence-electron chi connectivity index (χ3n) is 3.57. The Bertz CT molecular complexity index is 802. The number of aryl methyl sites for hydroxylation is 2. The fourth-order valence-corrected chi connectivity index (χ4v) is 3.96. The summed E-state index contributed by atoms with van der Waals surface area (Å²) in [5.41, 5.74) is 2.70. The van der Waals surface area contributed by atoms with Gasteiger partial charge in [0.15, 0.2) is 0 Å². The Labute approximate surface area is 152 Å². The van der Waals surface area contributed by atoms with E-state index in [2.05, 4.69) is 4.72 Å². The van der Waals surface area contributed by atoms with E-state index in [1.165, 1.54) is 5.56 Å². The summed E-state index contributed by atoms with van der Waals surface area (Å²) in [6, 6.07) is 10.6. The van der Waals surface area contributed by atoms with Gasteiger partial charge in [0.05, 0.1) is 5.75 Å². The maximum absolute atomic E-state index is 12.1. The molecule has 0 unspecified atom stereocenters. The minimum absolute atomic E-state index is 0.164. The van der Waals surface area contributed by atoms with Gasteiger partial charge < -0.3 is 4.74 Å². The molecular weight excluding hydrogens is 369 g/mol. The van der Waals surface area contributed by atoms with Gasteiger partial charge in [0, 0.05) is 22.2 Å². The molecule has 0 aliphatic heterocycles. The third kappa shape index (κ3) is 5.38. The second-order valence-electron chi connectivity index (χ2n) is 5.45.